The lowest BCUT2D eigenvalue weighted by molar-refractivity contribution is -0.135. The molecular formula is C27H32N8O3. The maximum Gasteiger partial charge on any atom is 0.231 e. The fourth-order valence-corrected chi connectivity index (χ4v) is 5.35. The summed E-state index contributed by atoms with van der Waals surface area (Å²) < 4.78 is 3.73. The number of aliphatic hydroxyl groups is 2. The Hall–Kier alpha value is -3.80. The monoisotopic (exact) mass is 516 g/mol. The number of carbonyl (C=O) groups excluding carboxylic acids is 1. The molecule has 1 saturated carbocycles. The van der Waals surface area contributed by atoms with Crippen LogP contribution in [-0.4, -0.2) is 82.7 Å². The third-order valence-corrected chi connectivity index (χ3v) is 7.59. The highest BCUT2D eigenvalue weighted by Crippen LogP contribution is 2.36. The quantitative estimate of drug-likeness (QED) is 0.300. The standard InChI is InChI=1S/C27H32N8O3/c28-24(37)16-32-13-9-27(38,23(36)15-32)17-33-12-8-22-25(33)29-18-30-26(22)34(20-6-7-20)14-19-2-4-21(5-3-19)35-11-1-10-31-35/h1-5,8,10-12,18,20,23,36,38H,6-7,9,13-17H2,(H2,28,37). The molecule has 11 heteroatoms. The number of nitrogens with zero attached hydrogens (tertiary/aromatic N) is 7. The molecule has 1 aliphatic carbocycles. The van der Waals surface area contributed by atoms with Gasteiger partial charge in [-0.1, -0.05) is 12.1 Å². The van der Waals surface area contributed by atoms with Crippen molar-refractivity contribution in [1.82, 2.24) is 29.2 Å². The van der Waals surface area contributed by atoms with Gasteiger partial charge in [0, 0.05) is 44.3 Å². The number of amides is 1. The van der Waals surface area contributed by atoms with Crippen LogP contribution in [0.3, 0.4) is 0 Å². The van der Waals surface area contributed by atoms with Crippen LogP contribution in [0.4, 0.5) is 5.82 Å². The maximum absolute atomic E-state index is 11.3. The van der Waals surface area contributed by atoms with E-state index >= 15 is 0 Å². The van der Waals surface area contributed by atoms with E-state index in [0.29, 0.717) is 19.0 Å². The molecule has 1 saturated heterocycles. The summed E-state index contributed by atoms with van der Waals surface area (Å²) in [6.45, 7) is 1.65. The molecule has 0 spiro atoms. The van der Waals surface area contributed by atoms with Crippen LogP contribution in [0, 0.1) is 0 Å². The van der Waals surface area contributed by atoms with Gasteiger partial charge in [0.2, 0.25) is 5.91 Å². The van der Waals surface area contributed by atoms with Gasteiger partial charge in [0.15, 0.2) is 0 Å². The van der Waals surface area contributed by atoms with Crippen LogP contribution in [0.25, 0.3) is 16.7 Å². The molecule has 2 atom stereocenters. The van der Waals surface area contributed by atoms with E-state index in [1.54, 1.807) is 17.4 Å². The second kappa shape index (κ2) is 9.82. The van der Waals surface area contributed by atoms with Crippen LogP contribution >= 0.6 is 0 Å². The van der Waals surface area contributed by atoms with E-state index in [4.69, 9.17) is 5.73 Å². The van der Waals surface area contributed by atoms with Gasteiger partial charge < -0.3 is 25.4 Å². The number of fused-ring (bicyclic) bond motifs is 1. The molecule has 38 heavy (non-hydrogen) atoms. The molecule has 2 unspecified atom stereocenters. The Morgan fingerprint density at radius 3 is 2.66 bits per heavy atom. The van der Waals surface area contributed by atoms with E-state index in [1.807, 2.05) is 33.8 Å². The molecule has 2 aliphatic rings. The number of carbonyl (C=O) groups is 1. The SMILES string of the molecule is NC(=O)CN1CCC(O)(Cn2ccc3c(N(Cc4ccc(-n5cccn5)cc4)C4CC4)ncnc32)C(O)C1. The van der Waals surface area contributed by atoms with Crippen LogP contribution in [-0.2, 0) is 17.9 Å². The first-order valence-corrected chi connectivity index (χ1v) is 13.0. The maximum atomic E-state index is 11.3. The normalized spacial score (nSPS) is 22.1. The van der Waals surface area contributed by atoms with Gasteiger partial charge in [-0.05, 0) is 49.1 Å². The number of aromatic nitrogens is 5. The lowest BCUT2D eigenvalue weighted by Crippen LogP contribution is -2.58. The smallest absolute Gasteiger partial charge is 0.231 e. The summed E-state index contributed by atoms with van der Waals surface area (Å²) in [6.07, 6.45) is 8.70. The minimum Gasteiger partial charge on any atom is -0.389 e. The third kappa shape index (κ3) is 4.87. The summed E-state index contributed by atoms with van der Waals surface area (Å²) in [4.78, 5) is 24.6. The van der Waals surface area contributed by atoms with Crippen molar-refractivity contribution in [3.8, 4) is 5.69 Å². The zero-order chi connectivity index (χ0) is 26.3. The van der Waals surface area contributed by atoms with Crippen LogP contribution in [0.5, 0.6) is 0 Å². The first-order valence-electron chi connectivity index (χ1n) is 13.0. The second-order valence-electron chi connectivity index (χ2n) is 10.4. The van der Waals surface area contributed by atoms with Crippen molar-refractivity contribution in [3.05, 3.63) is 66.9 Å². The molecule has 198 valence electrons. The summed E-state index contributed by atoms with van der Waals surface area (Å²) in [7, 11) is 0. The number of nitrogens with two attached hydrogens (primary N) is 1. The fraction of sp³-hybridized carbons (Fsp3) is 0.407. The Morgan fingerprint density at radius 1 is 1.16 bits per heavy atom. The molecule has 11 nitrogen and oxygen atoms in total. The van der Waals surface area contributed by atoms with Gasteiger partial charge in [0.1, 0.15) is 23.4 Å². The van der Waals surface area contributed by atoms with Crippen molar-refractivity contribution in [2.24, 2.45) is 5.73 Å². The zero-order valence-electron chi connectivity index (χ0n) is 21.1. The highest BCUT2D eigenvalue weighted by Gasteiger charge is 2.41. The molecule has 2 fully saturated rings. The summed E-state index contributed by atoms with van der Waals surface area (Å²) >= 11 is 0. The highest BCUT2D eigenvalue weighted by atomic mass is 16.3. The van der Waals surface area contributed by atoms with Gasteiger partial charge >= 0.3 is 0 Å². The number of primary amides is 1. The minimum atomic E-state index is -1.34. The Kier molecular flexibility index (Phi) is 6.34. The summed E-state index contributed by atoms with van der Waals surface area (Å²) in [5.74, 6) is 0.425. The molecule has 0 bridgehead atoms. The van der Waals surface area contributed by atoms with Crippen molar-refractivity contribution in [1.29, 1.82) is 0 Å². The average Bonchev–Trinajstić information content (AvgIpc) is 3.43. The lowest BCUT2D eigenvalue weighted by atomic mass is 9.88. The van der Waals surface area contributed by atoms with Crippen LogP contribution < -0.4 is 10.6 Å². The molecule has 0 radical (unpaired) electrons. The number of piperidine rings is 1. The van der Waals surface area contributed by atoms with Crippen molar-refractivity contribution < 1.29 is 15.0 Å². The largest absolute Gasteiger partial charge is 0.389 e. The summed E-state index contributed by atoms with van der Waals surface area (Å²) in [5.41, 5.74) is 6.87. The van der Waals surface area contributed by atoms with E-state index in [0.717, 1.165) is 41.9 Å². The number of aliphatic hydroxyl groups excluding tert-OH is 1. The van der Waals surface area contributed by atoms with Crippen molar-refractivity contribution >= 4 is 22.8 Å². The summed E-state index contributed by atoms with van der Waals surface area (Å²) in [5, 5.41) is 27.3. The predicted molar refractivity (Wildman–Crippen MR) is 142 cm³/mol. The molecule has 1 aliphatic heterocycles. The van der Waals surface area contributed by atoms with Gasteiger partial charge in [-0.15, -0.1) is 0 Å². The van der Waals surface area contributed by atoms with Gasteiger partial charge in [0.25, 0.3) is 0 Å². The van der Waals surface area contributed by atoms with Crippen molar-refractivity contribution in [3.63, 3.8) is 0 Å². The highest BCUT2D eigenvalue weighted by molar-refractivity contribution is 5.88. The number of hydrogen-bond acceptors (Lipinski definition) is 8. The summed E-state index contributed by atoms with van der Waals surface area (Å²) in [6, 6.07) is 12.7. The van der Waals surface area contributed by atoms with Crippen LogP contribution in [0.15, 0.2) is 61.3 Å². The second-order valence-corrected chi connectivity index (χ2v) is 10.4. The number of rotatable bonds is 9. The average molecular weight is 517 g/mol. The number of benzene rings is 1. The van der Waals surface area contributed by atoms with Gasteiger partial charge in [-0.25, -0.2) is 14.6 Å². The molecule has 4 aromatic rings. The Labute approximate surface area is 220 Å². The fourth-order valence-electron chi connectivity index (χ4n) is 5.35. The third-order valence-electron chi connectivity index (χ3n) is 7.59. The molecule has 1 aromatic carbocycles. The topological polar surface area (TPSA) is 139 Å². The number of hydrogen-bond donors (Lipinski definition) is 3. The zero-order valence-corrected chi connectivity index (χ0v) is 21.1. The predicted octanol–water partition coefficient (Wildman–Crippen LogP) is 1.07. The number of anilines is 1. The first kappa shape index (κ1) is 24.5. The van der Waals surface area contributed by atoms with E-state index < -0.39 is 17.6 Å². The number of β-amino-alcohol motifs (C(OH)–C–C–N with tert-alkyl or cyclic N) is 1. The van der Waals surface area contributed by atoms with Crippen molar-refractivity contribution in [2.75, 3.05) is 24.5 Å². The molecule has 1 amide bonds. The van der Waals surface area contributed by atoms with Gasteiger partial charge in [0.05, 0.1) is 30.3 Å². The Balaban J connectivity index is 1.23. The van der Waals surface area contributed by atoms with Crippen molar-refractivity contribution in [2.45, 2.75) is 50.1 Å². The van der Waals surface area contributed by atoms with Gasteiger partial charge in [-0.3, -0.25) is 9.69 Å². The Bertz CT molecular complexity index is 1420. The Morgan fingerprint density at radius 2 is 1.97 bits per heavy atom. The minimum absolute atomic E-state index is 0.0686. The number of likely N-dealkylation sites (tertiary alicyclic amines) is 1. The first-order chi connectivity index (χ1) is 18.4. The molecule has 4 heterocycles. The van der Waals surface area contributed by atoms with E-state index in [1.165, 1.54) is 5.56 Å². The molecular weight excluding hydrogens is 484 g/mol. The molecule has 4 N–H and O–H groups in total. The van der Waals surface area contributed by atoms with Gasteiger partial charge in [-0.2, -0.15) is 5.10 Å². The van der Waals surface area contributed by atoms with Crippen LogP contribution in [0.1, 0.15) is 24.8 Å². The molecule has 6 rings (SSSR count). The van der Waals surface area contributed by atoms with E-state index in [9.17, 15) is 15.0 Å². The molecule has 3 aromatic heterocycles. The lowest BCUT2D eigenvalue weighted by Gasteiger charge is -2.42. The van der Waals surface area contributed by atoms with Crippen LogP contribution in [0.2, 0.25) is 0 Å². The van der Waals surface area contributed by atoms with E-state index in [-0.39, 0.29) is 19.6 Å². The van der Waals surface area contributed by atoms with E-state index in [2.05, 4.69) is 44.2 Å².